The molecule has 2 rings (SSSR count). The van der Waals surface area contributed by atoms with Crippen LogP contribution in [0.1, 0.15) is 52.9 Å². The van der Waals surface area contributed by atoms with Crippen molar-refractivity contribution in [1.29, 1.82) is 0 Å². The van der Waals surface area contributed by atoms with Gasteiger partial charge in [-0.3, -0.25) is 4.79 Å². The molecule has 0 aliphatic heterocycles. The van der Waals surface area contributed by atoms with E-state index < -0.39 is 0 Å². The van der Waals surface area contributed by atoms with Crippen molar-refractivity contribution in [3.05, 3.63) is 0 Å². The van der Waals surface area contributed by atoms with Crippen LogP contribution in [-0.4, -0.2) is 30.2 Å². The van der Waals surface area contributed by atoms with Crippen LogP contribution in [0.25, 0.3) is 0 Å². The Morgan fingerprint density at radius 2 is 1.90 bits per heavy atom. The zero-order chi connectivity index (χ0) is 15.6. The summed E-state index contributed by atoms with van der Waals surface area (Å²) < 4.78 is 0. The SMILES string of the molecule is CC1C(N)CCC(C(=O)NCC2CCCC2CO)C1(C)C. The average Bonchev–Trinajstić information content (AvgIpc) is 2.90. The van der Waals surface area contributed by atoms with Crippen molar-refractivity contribution >= 4 is 5.91 Å². The van der Waals surface area contributed by atoms with Crippen LogP contribution in [0.3, 0.4) is 0 Å². The predicted molar refractivity (Wildman–Crippen MR) is 84.6 cm³/mol. The predicted octanol–water partition coefficient (Wildman–Crippen LogP) is 1.91. The third-order valence-corrected chi connectivity index (χ3v) is 6.41. The second kappa shape index (κ2) is 6.66. The topological polar surface area (TPSA) is 75.4 Å². The minimum atomic E-state index is -0.0478. The Hall–Kier alpha value is -0.610. The van der Waals surface area contributed by atoms with E-state index >= 15 is 0 Å². The summed E-state index contributed by atoms with van der Waals surface area (Å²) in [6, 6.07) is 0.206. The van der Waals surface area contributed by atoms with E-state index in [4.69, 9.17) is 5.73 Å². The van der Waals surface area contributed by atoms with E-state index in [1.165, 1.54) is 6.42 Å². The lowest BCUT2D eigenvalue weighted by Gasteiger charge is -2.46. The van der Waals surface area contributed by atoms with Crippen LogP contribution in [0.5, 0.6) is 0 Å². The molecule has 2 saturated carbocycles. The Morgan fingerprint density at radius 3 is 2.57 bits per heavy atom. The van der Waals surface area contributed by atoms with Crippen LogP contribution in [0.4, 0.5) is 0 Å². The Bertz CT molecular complexity index is 370. The van der Waals surface area contributed by atoms with Crippen molar-refractivity contribution in [2.24, 2.45) is 34.8 Å². The van der Waals surface area contributed by atoms with E-state index in [-0.39, 0.29) is 29.9 Å². The highest BCUT2D eigenvalue weighted by molar-refractivity contribution is 5.79. The van der Waals surface area contributed by atoms with Crippen LogP contribution < -0.4 is 11.1 Å². The van der Waals surface area contributed by atoms with Crippen molar-refractivity contribution in [3.8, 4) is 0 Å². The molecule has 5 atom stereocenters. The van der Waals surface area contributed by atoms with Gasteiger partial charge in [0, 0.05) is 25.1 Å². The van der Waals surface area contributed by atoms with Gasteiger partial charge in [-0.2, -0.15) is 0 Å². The fraction of sp³-hybridized carbons (Fsp3) is 0.941. The molecule has 5 unspecified atom stereocenters. The molecule has 0 radical (unpaired) electrons. The highest BCUT2D eigenvalue weighted by Gasteiger charge is 2.45. The first kappa shape index (κ1) is 16.8. The summed E-state index contributed by atoms with van der Waals surface area (Å²) >= 11 is 0. The number of aliphatic hydroxyl groups excluding tert-OH is 1. The smallest absolute Gasteiger partial charge is 0.223 e. The van der Waals surface area contributed by atoms with Gasteiger partial charge in [0.1, 0.15) is 0 Å². The summed E-state index contributed by atoms with van der Waals surface area (Å²) in [5.74, 6) is 1.42. The number of carbonyl (C=O) groups excluding carboxylic acids is 1. The zero-order valence-electron chi connectivity index (χ0n) is 13.8. The molecule has 0 aromatic rings. The molecule has 1 amide bonds. The fourth-order valence-corrected chi connectivity index (χ4v) is 4.30. The minimum Gasteiger partial charge on any atom is -0.396 e. The van der Waals surface area contributed by atoms with Crippen molar-refractivity contribution in [1.82, 2.24) is 5.32 Å². The first-order valence-corrected chi connectivity index (χ1v) is 8.52. The third kappa shape index (κ3) is 3.42. The highest BCUT2D eigenvalue weighted by atomic mass is 16.3. The largest absolute Gasteiger partial charge is 0.396 e. The molecule has 0 heterocycles. The van der Waals surface area contributed by atoms with Gasteiger partial charge in [-0.25, -0.2) is 0 Å². The highest BCUT2D eigenvalue weighted by Crippen LogP contribution is 2.44. The second-order valence-electron chi connectivity index (χ2n) is 7.78. The van der Waals surface area contributed by atoms with Gasteiger partial charge < -0.3 is 16.2 Å². The third-order valence-electron chi connectivity index (χ3n) is 6.41. The van der Waals surface area contributed by atoms with Gasteiger partial charge in [-0.1, -0.05) is 27.2 Å². The average molecular weight is 296 g/mol. The second-order valence-corrected chi connectivity index (χ2v) is 7.78. The molecule has 0 aromatic carbocycles. The maximum absolute atomic E-state index is 12.6. The molecule has 0 spiro atoms. The Labute approximate surface area is 128 Å². The molecule has 2 aliphatic rings. The summed E-state index contributed by atoms with van der Waals surface area (Å²) in [5.41, 5.74) is 6.12. The molecule has 2 aliphatic carbocycles. The van der Waals surface area contributed by atoms with Gasteiger partial charge in [-0.05, 0) is 48.9 Å². The van der Waals surface area contributed by atoms with Gasteiger partial charge >= 0.3 is 0 Å². The first-order chi connectivity index (χ1) is 9.87. The van der Waals surface area contributed by atoms with E-state index in [0.717, 1.165) is 32.2 Å². The van der Waals surface area contributed by atoms with Gasteiger partial charge in [0.05, 0.1) is 0 Å². The molecular weight excluding hydrogens is 264 g/mol. The quantitative estimate of drug-likeness (QED) is 0.742. The van der Waals surface area contributed by atoms with E-state index in [1.807, 2.05) is 0 Å². The number of nitrogens with one attached hydrogen (secondary N) is 1. The summed E-state index contributed by atoms with van der Waals surface area (Å²) in [5, 5.41) is 12.5. The Morgan fingerprint density at radius 1 is 1.24 bits per heavy atom. The van der Waals surface area contributed by atoms with E-state index in [1.54, 1.807) is 0 Å². The van der Waals surface area contributed by atoms with Gasteiger partial charge in [0.25, 0.3) is 0 Å². The fourth-order valence-electron chi connectivity index (χ4n) is 4.30. The van der Waals surface area contributed by atoms with Crippen LogP contribution in [-0.2, 0) is 4.79 Å². The van der Waals surface area contributed by atoms with Crippen LogP contribution >= 0.6 is 0 Å². The van der Waals surface area contributed by atoms with Crippen LogP contribution in [0.15, 0.2) is 0 Å². The lowest BCUT2D eigenvalue weighted by Crippen LogP contribution is -2.52. The summed E-state index contributed by atoms with van der Waals surface area (Å²) in [7, 11) is 0. The molecule has 21 heavy (non-hydrogen) atoms. The summed E-state index contributed by atoms with van der Waals surface area (Å²) in [6.45, 7) is 7.49. The minimum absolute atomic E-state index is 0.0478. The molecule has 4 N–H and O–H groups in total. The molecule has 122 valence electrons. The lowest BCUT2D eigenvalue weighted by molar-refractivity contribution is -0.132. The molecule has 0 saturated heterocycles. The number of nitrogens with two attached hydrogens (primary N) is 1. The molecule has 0 bridgehead atoms. The normalized spacial score (nSPS) is 39.2. The van der Waals surface area contributed by atoms with Crippen molar-refractivity contribution in [2.45, 2.75) is 58.9 Å². The Balaban J connectivity index is 1.91. The van der Waals surface area contributed by atoms with Gasteiger partial charge in [0.2, 0.25) is 5.91 Å². The number of carbonyl (C=O) groups is 1. The first-order valence-electron chi connectivity index (χ1n) is 8.52. The number of rotatable bonds is 4. The molecule has 4 nitrogen and oxygen atoms in total. The number of amides is 1. The van der Waals surface area contributed by atoms with Crippen molar-refractivity contribution < 1.29 is 9.90 Å². The number of aliphatic hydroxyl groups is 1. The monoisotopic (exact) mass is 296 g/mol. The summed E-state index contributed by atoms with van der Waals surface area (Å²) in [4.78, 5) is 12.6. The van der Waals surface area contributed by atoms with E-state index in [0.29, 0.717) is 17.8 Å². The van der Waals surface area contributed by atoms with Gasteiger partial charge in [-0.15, -0.1) is 0 Å². The standard InChI is InChI=1S/C17H32N2O2/c1-11-15(18)8-7-14(17(11,2)3)16(21)19-9-12-5-4-6-13(12)10-20/h11-15,20H,4-10,18H2,1-3H3,(H,19,21). The van der Waals surface area contributed by atoms with Crippen LogP contribution in [0, 0.1) is 29.1 Å². The maximum Gasteiger partial charge on any atom is 0.223 e. The maximum atomic E-state index is 12.6. The molecular formula is C17H32N2O2. The molecule has 0 aromatic heterocycles. The lowest BCUT2D eigenvalue weighted by atomic mass is 9.61. The molecule has 2 fully saturated rings. The van der Waals surface area contributed by atoms with E-state index in [2.05, 4.69) is 26.1 Å². The van der Waals surface area contributed by atoms with E-state index in [9.17, 15) is 9.90 Å². The zero-order valence-corrected chi connectivity index (χ0v) is 13.8. The molecule has 4 heteroatoms. The summed E-state index contributed by atoms with van der Waals surface area (Å²) in [6.07, 6.45) is 5.22. The van der Waals surface area contributed by atoms with Crippen LogP contribution in [0.2, 0.25) is 0 Å². The Kier molecular flexibility index (Phi) is 5.31. The van der Waals surface area contributed by atoms with Gasteiger partial charge in [0.15, 0.2) is 0 Å². The number of hydrogen-bond acceptors (Lipinski definition) is 3. The van der Waals surface area contributed by atoms with Crippen molar-refractivity contribution in [2.75, 3.05) is 13.2 Å². The van der Waals surface area contributed by atoms with Crippen molar-refractivity contribution in [3.63, 3.8) is 0 Å². The number of hydrogen-bond donors (Lipinski definition) is 3.